The van der Waals surface area contributed by atoms with Crippen molar-refractivity contribution < 1.29 is 14.7 Å². The lowest BCUT2D eigenvalue weighted by Crippen LogP contribution is -2.29. The maximum absolute atomic E-state index is 11.6. The van der Waals surface area contributed by atoms with Crippen LogP contribution in [0.5, 0.6) is 0 Å². The molecule has 0 radical (unpaired) electrons. The first-order chi connectivity index (χ1) is 9.31. The monoisotopic (exact) mass is 316 g/mol. The number of anilines is 1. The Hall–Kier alpha value is -1.72. The highest BCUT2D eigenvalue weighted by Crippen LogP contribution is 2.31. The fraction of sp³-hybridized carbons (Fsp3) is 0.231. The topological polar surface area (TPSA) is 78.4 Å². The minimum atomic E-state index is -1.15. The molecule has 108 valence electrons. The van der Waals surface area contributed by atoms with Gasteiger partial charge >= 0.3 is 12.0 Å². The fourth-order valence-electron chi connectivity index (χ4n) is 1.32. The number of carbonyl (C=O) groups is 2. The van der Waals surface area contributed by atoms with E-state index >= 15 is 0 Å². The molecule has 7 heteroatoms. The molecule has 0 saturated carbocycles. The number of urea groups is 1. The number of rotatable bonds is 4. The standard InChI is InChI=1S/C13H14Cl2N2O3/c1-7(2)3-4-16-13(20)17-11-9(14)5-8(12(18)19)6-10(11)15/h3,5-6H,4H2,1-2H3,(H,18,19)(H2,16,17,20). The van der Waals surface area contributed by atoms with Gasteiger partial charge in [0.25, 0.3) is 0 Å². The van der Waals surface area contributed by atoms with Crippen molar-refractivity contribution in [2.45, 2.75) is 13.8 Å². The van der Waals surface area contributed by atoms with E-state index in [1.54, 1.807) is 0 Å². The van der Waals surface area contributed by atoms with Crippen molar-refractivity contribution >= 4 is 40.9 Å². The predicted octanol–water partition coefficient (Wildman–Crippen LogP) is 3.78. The maximum Gasteiger partial charge on any atom is 0.335 e. The molecular formula is C13H14Cl2N2O3. The number of aromatic carboxylic acids is 1. The summed E-state index contributed by atoms with van der Waals surface area (Å²) in [6, 6.07) is 1.97. The number of carbonyl (C=O) groups excluding carboxylic acids is 1. The zero-order valence-electron chi connectivity index (χ0n) is 11.0. The maximum atomic E-state index is 11.6. The van der Waals surface area contributed by atoms with Crippen LogP contribution in [0.1, 0.15) is 24.2 Å². The third-order valence-corrected chi connectivity index (χ3v) is 2.90. The highest BCUT2D eigenvalue weighted by Gasteiger charge is 2.14. The second kappa shape index (κ2) is 7.17. The minimum Gasteiger partial charge on any atom is -0.478 e. The smallest absolute Gasteiger partial charge is 0.335 e. The molecule has 20 heavy (non-hydrogen) atoms. The first kappa shape index (κ1) is 16.3. The van der Waals surface area contributed by atoms with Gasteiger partial charge in [-0.2, -0.15) is 0 Å². The average Bonchev–Trinajstić information content (AvgIpc) is 2.32. The van der Waals surface area contributed by atoms with Crippen LogP contribution in [0.4, 0.5) is 10.5 Å². The molecule has 0 atom stereocenters. The van der Waals surface area contributed by atoms with Gasteiger partial charge in [0.1, 0.15) is 0 Å². The van der Waals surface area contributed by atoms with E-state index in [0.717, 1.165) is 5.57 Å². The van der Waals surface area contributed by atoms with Crippen molar-refractivity contribution in [1.82, 2.24) is 5.32 Å². The zero-order chi connectivity index (χ0) is 15.3. The van der Waals surface area contributed by atoms with Crippen LogP contribution in [0.2, 0.25) is 10.0 Å². The van der Waals surface area contributed by atoms with Crippen LogP contribution in [0.25, 0.3) is 0 Å². The van der Waals surface area contributed by atoms with E-state index in [0.29, 0.717) is 6.54 Å². The van der Waals surface area contributed by atoms with Gasteiger partial charge in [0.05, 0.1) is 21.3 Å². The van der Waals surface area contributed by atoms with Gasteiger partial charge in [-0.15, -0.1) is 0 Å². The van der Waals surface area contributed by atoms with Crippen molar-refractivity contribution in [2.24, 2.45) is 0 Å². The molecule has 0 aromatic heterocycles. The Kier molecular flexibility index (Phi) is 5.85. The molecule has 1 rings (SSSR count). The lowest BCUT2D eigenvalue weighted by Gasteiger charge is -2.10. The molecule has 5 nitrogen and oxygen atoms in total. The summed E-state index contributed by atoms with van der Waals surface area (Å²) >= 11 is 11.8. The number of carboxylic acid groups (broad SMARTS) is 1. The first-order valence-corrected chi connectivity index (χ1v) is 6.47. The van der Waals surface area contributed by atoms with Crippen molar-refractivity contribution in [1.29, 1.82) is 0 Å². The summed E-state index contributed by atoms with van der Waals surface area (Å²) in [6.07, 6.45) is 1.84. The number of amides is 2. The number of benzene rings is 1. The Morgan fingerprint density at radius 2 is 1.80 bits per heavy atom. The van der Waals surface area contributed by atoms with Crippen LogP contribution in [0, 0.1) is 0 Å². The molecule has 0 aliphatic carbocycles. The van der Waals surface area contributed by atoms with Crippen LogP contribution in [0.15, 0.2) is 23.8 Å². The quantitative estimate of drug-likeness (QED) is 0.740. The van der Waals surface area contributed by atoms with Crippen LogP contribution in [-0.2, 0) is 0 Å². The largest absolute Gasteiger partial charge is 0.478 e. The Morgan fingerprint density at radius 1 is 1.25 bits per heavy atom. The van der Waals surface area contributed by atoms with Crippen LogP contribution in [0.3, 0.4) is 0 Å². The van der Waals surface area contributed by atoms with Gasteiger partial charge in [-0.05, 0) is 26.0 Å². The van der Waals surface area contributed by atoms with Gasteiger partial charge in [0.2, 0.25) is 0 Å². The van der Waals surface area contributed by atoms with Gasteiger partial charge in [-0.25, -0.2) is 9.59 Å². The number of allylic oxidation sites excluding steroid dienone is 1. The van der Waals surface area contributed by atoms with E-state index in [1.165, 1.54) is 12.1 Å². The number of hydrogen-bond donors (Lipinski definition) is 3. The molecule has 1 aromatic carbocycles. The van der Waals surface area contributed by atoms with E-state index in [-0.39, 0.29) is 21.3 Å². The van der Waals surface area contributed by atoms with Gasteiger partial charge in [0, 0.05) is 6.54 Å². The molecule has 3 N–H and O–H groups in total. The molecule has 1 aromatic rings. The molecule has 0 spiro atoms. The highest BCUT2D eigenvalue weighted by atomic mass is 35.5. The van der Waals surface area contributed by atoms with Crippen LogP contribution in [-0.4, -0.2) is 23.7 Å². The average molecular weight is 317 g/mol. The van der Waals surface area contributed by atoms with Crippen molar-refractivity contribution in [3.05, 3.63) is 39.4 Å². The third kappa shape index (κ3) is 4.75. The predicted molar refractivity (Wildman–Crippen MR) is 79.9 cm³/mol. The highest BCUT2D eigenvalue weighted by molar-refractivity contribution is 6.40. The van der Waals surface area contributed by atoms with Crippen molar-refractivity contribution in [3.8, 4) is 0 Å². The van der Waals surface area contributed by atoms with E-state index in [9.17, 15) is 9.59 Å². The summed E-state index contributed by atoms with van der Waals surface area (Å²) in [5.41, 5.74) is 1.20. The van der Waals surface area contributed by atoms with Gasteiger partial charge in [-0.3, -0.25) is 0 Å². The second-order valence-electron chi connectivity index (χ2n) is 4.24. The molecule has 0 fully saturated rings. The molecule has 0 heterocycles. The number of halogens is 2. The molecule has 2 amide bonds. The van der Waals surface area contributed by atoms with Crippen molar-refractivity contribution in [3.63, 3.8) is 0 Å². The first-order valence-electron chi connectivity index (χ1n) is 5.71. The molecule has 0 aliphatic heterocycles. The summed E-state index contributed by atoms with van der Waals surface area (Å²) in [7, 11) is 0. The summed E-state index contributed by atoms with van der Waals surface area (Å²) in [5.74, 6) is -1.15. The van der Waals surface area contributed by atoms with E-state index < -0.39 is 12.0 Å². The normalized spacial score (nSPS) is 9.80. The molecule has 0 unspecified atom stereocenters. The fourth-order valence-corrected chi connectivity index (χ4v) is 1.90. The molecule has 0 aliphatic rings. The van der Waals surface area contributed by atoms with Crippen LogP contribution >= 0.6 is 23.2 Å². The van der Waals surface area contributed by atoms with E-state index in [4.69, 9.17) is 28.3 Å². The minimum absolute atomic E-state index is 0.0458. The molecule has 0 bridgehead atoms. The summed E-state index contributed by atoms with van der Waals surface area (Å²) in [6.45, 7) is 4.20. The second-order valence-corrected chi connectivity index (χ2v) is 5.05. The van der Waals surface area contributed by atoms with E-state index in [1.807, 2.05) is 19.9 Å². The number of nitrogens with one attached hydrogen (secondary N) is 2. The van der Waals surface area contributed by atoms with Gasteiger partial charge < -0.3 is 15.7 Å². The zero-order valence-corrected chi connectivity index (χ0v) is 12.5. The Morgan fingerprint density at radius 3 is 2.25 bits per heavy atom. The van der Waals surface area contributed by atoms with E-state index in [2.05, 4.69) is 10.6 Å². The summed E-state index contributed by atoms with van der Waals surface area (Å²) in [5, 5.41) is 14.1. The molecular weight excluding hydrogens is 303 g/mol. The Balaban J connectivity index is 2.80. The number of hydrogen-bond acceptors (Lipinski definition) is 2. The lowest BCUT2D eigenvalue weighted by molar-refractivity contribution is 0.0697. The lowest BCUT2D eigenvalue weighted by atomic mass is 10.2. The van der Waals surface area contributed by atoms with Gasteiger partial charge in [0.15, 0.2) is 0 Å². The SMILES string of the molecule is CC(C)=CCNC(=O)Nc1c(Cl)cc(C(=O)O)cc1Cl. The van der Waals surface area contributed by atoms with Crippen molar-refractivity contribution in [2.75, 3.05) is 11.9 Å². The van der Waals surface area contributed by atoms with Crippen LogP contribution < -0.4 is 10.6 Å². The van der Waals surface area contributed by atoms with Gasteiger partial charge in [-0.1, -0.05) is 34.9 Å². The number of carboxylic acids is 1. The molecule has 0 saturated heterocycles. The Bertz CT molecular complexity index is 544. The summed E-state index contributed by atoms with van der Waals surface area (Å²) in [4.78, 5) is 22.5. The third-order valence-electron chi connectivity index (χ3n) is 2.30. The Labute approximate surface area is 126 Å². The summed E-state index contributed by atoms with van der Waals surface area (Å²) < 4.78 is 0.